The van der Waals surface area contributed by atoms with Crippen molar-refractivity contribution in [3.8, 4) is 6.07 Å². The summed E-state index contributed by atoms with van der Waals surface area (Å²) in [6, 6.07) is 4.50. The lowest BCUT2D eigenvalue weighted by molar-refractivity contribution is 0.315. The number of nitrogen functional groups attached to an aromatic ring is 1. The van der Waals surface area contributed by atoms with Gasteiger partial charge in [0.1, 0.15) is 11.9 Å². The zero-order valence-electron chi connectivity index (χ0n) is 10.2. The van der Waals surface area contributed by atoms with E-state index >= 15 is 0 Å². The van der Waals surface area contributed by atoms with Crippen LogP contribution in [0.1, 0.15) is 12.0 Å². The van der Waals surface area contributed by atoms with Crippen LogP contribution in [-0.2, 0) is 0 Å². The Morgan fingerprint density at radius 1 is 1.59 bits per heavy atom. The predicted octanol–water partition coefficient (Wildman–Crippen LogP) is 0.676. The second kappa shape index (κ2) is 4.60. The summed E-state index contributed by atoms with van der Waals surface area (Å²) in [6.45, 7) is 1.89. The van der Waals surface area contributed by atoms with Gasteiger partial charge in [0.2, 0.25) is 0 Å². The van der Waals surface area contributed by atoms with Gasteiger partial charge in [-0.1, -0.05) is 0 Å². The van der Waals surface area contributed by atoms with Crippen LogP contribution >= 0.6 is 0 Å². The van der Waals surface area contributed by atoms with Gasteiger partial charge in [-0.25, -0.2) is 4.98 Å². The number of anilines is 2. The number of rotatable bonds is 2. The lowest BCUT2D eigenvalue weighted by atomic mass is 10.2. The number of nitrogens with two attached hydrogens (primary N) is 1. The van der Waals surface area contributed by atoms with Gasteiger partial charge >= 0.3 is 0 Å². The van der Waals surface area contributed by atoms with Gasteiger partial charge in [0, 0.05) is 31.4 Å². The van der Waals surface area contributed by atoms with E-state index < -0.39 is 0 Å². The van der Waals surface area contributed by atoms with Crippen LogP contribution in [0.3, 0.4) is 0 Å². The second-order valence-electron chi connectivity index (χ2n) is 4.59. The maximum atomic E-state index is 9.08. The predicted molar refractivity (Wildman–Crippen MR) is 67.7 cm³/mol. The van der Waals surface area contributed by atoms with Crippen LogP contribution in [-0.4, -0.2) is 43.1 Å². The van der Waals surface area contributed by atoms with E-state index in [2.05, 4.69) is 34.9 Å². The van der Waals surface area contributed by atoms with Crippen molar-refractivity contribution in [1.29, 1.82) is 5.26 Å². The maximum absolute atomic E-state index is 9.08. The zero-order valence-corrected chi connectivity index (χ0v) is 10.2. The van der Waals surface area contributed by atoms with Gasteiger partial charge in [0.25, 0.3) is 0 Å². The molecule has 5 nitrogen and oxygen atoms in total. The van der Waals surface area contributed by atoms with Crippen LogP contribution in [0.15, 0.2) is 12.3 Å². The molecule has 5 heteroatoms. The van der Waals surface area contributed by atoms with Crippen LogP contribution in [0.5, 0.6) is 0 Å². The van der Waals surface area contributed by atoms with Gasteiger partial charge in [-0.15, -0.1) is 0 Å². The van der Waals surface area contributed by atoms with Crippen LogP contribution in [0, 0.1) is 11.3 Å². The fourth-order valence-electron chi connectivity index (χ4n) is 2.19. The van der Waals surface area contributed by atoms with Crippen molar-refractivity contribution in [2.75, 3.05) is 37.8 Å². The number of aromatic nitrogens is 1. The molecule has 1 fully saturated rings. The topological polar surface area (TPSA) is 69.2 Å². The van der Waals surface area contributed by atoms with E-state index in [9.17, 15) is 0 Å². The van der Waals surface area contributed by atoms with E-state index in [0.29, 0.717) is 17.4 Å². The van der Waals surface area contributed by atoms with E-state index in [-0.39, 0.29) is 0 Å². The summed E-state index contributed by atoms with van der Waals surface area (Å²) in [5.41, 5.74) is 7.19. The number of hydrogen-bond donors (Lipinski definition) is 1. The second-order valence-corrected chi connectivity index (χ2v) is 4.59. The van der Waals surface area contributed by atoms with Gasteiger partial charge in [0.05, 0.1) is 11.3 Å². The number of likely N-dealkylation sites (N-methyl/N-ethyl adjacent to an activating group) is 1. The van der Waals surface area contributed by atoms with Crippen LogP contribution in [0.25, 0.3) is 0 Å². The molecular formula is C12H17N5. The highest BCUT2D eigenvalue weighted by molar-refractivity contribution is 5.63. The molecule has 0 aliphatic carbocycles. The normalized spacial score (nSPS) is 19.6. The average molecular weight is 231 g/mol. The van der Waals surface area contributed by atoms with Crippen LogP contribution in [0.4, 0.5) is 11.5 Å². The average Bonchev–Trinajstić information content (AvgIpc) is 2.78. The van der Waals surface area contributed by atoms with Gasteiger partial charge in [-0.2, -0.15) is 5.26 Å². The van der Waals surface area contributed by atoms with Crippen molar-refractivity contribution >= 4 is 11.5 Å². The van der Waals surface area contributed by atoms with Crippen molar-refractivity contribution < 1.29 is 0 Å². The summed E-state index contributed by atoms with van der Waals surface area (Å²) in [5, 5.41) is 9.08. The highest BCUT2D eigenvalue weighted by atomic mass is 15.2. The quantitative estimate of drug-likeness (QED) is 0.810. The molecule has 0 spiro atoms. The van der Waals surface area contributed by atoms with Crippen molar-refractivity contribution in [2.45, 2.75) is 12.5 Å². The summed E-state index contributed by atoms with van der Waals surface area (Å²) in [5.74, 6) is 0.465. The highest BCUT2D eigenvalue weighted by Crippen LogP contribution is 2.26. The van der Waals surface area contributed by atoms with Crippen molar-refractivity contribution in [3.05, 3.63) is 17.8 Å². The lowest BCUT2D eigenvalue weighted by Gasteiger charge is -2.22. The molecular weight excluding hydrogens is 214 g/mol. The molecule has 2 rings (SSSR count). The van der Waals surface area contributed by atoms with Crippen molar-refractivity contribution in [3.63, 3.8) is 0 Å². The Balaban J connectivity index is 2.24. The Morgan fingerprint density at radius 3 is 2.94 bits per heavy atom. The van der Waals surface area contributed by atoms with Gasteiger partial charge in [-0.3, -0.25) is 0 Å². The zero-order chi connectivity index (χ0) is 12.4. The molecule has 0 aromatic carbocycles. The Morgan fingerprint density at radius 2 is 2.35 bits per heavy atom. The van der Waals surface area contributed by atoms with Crippen molar-refractivity contribution in [1.82, 2.24) is 9.88 Å². The smallest absolute Gasteiger partial charge is 0.125 e. The molecule has 1 aliphatic heterocycles. The molecule has 0 radical (unpaired) electrons. The number of nitrogens with zero attached hydrogens (tertiary/aromatic N) is 4. The Kier molecular flexibility index (Phi) is 3.16. The van der Waals surface area contributed by atoms with Crippen LogP contribution < -0.4 is 10.6 Å². The minimum Gasteiger partial charge on any atom is -0.384 e. The molecule has 1 aliphatic rings. The minimum atomic E-state index is 0.465. The molecule has 1 saturated heterocycles. The first-order valence-corrected chi connectivity index (χ1v) is 5.69. The molecule has 0 saturated carbocycles. The molecule has 0 bridgehead atoms. The molecule has 0 amide bonds. The Bertz CT molecular complexity index is 449. The molecule has 1 atom stereocenters. The first kappa shape index (κ1) is 11.7. The largest absolute Gasteiger partial charge is 0.384 e. The summed E-state index contributed by atoms with van der Waals surface area (Å²) in [6.07, 6.45) is 2.66. The fourth-order valence-corrected chi connectivity index (χ4v) is 2.19. The third-order valence-electron chi connectivity index (χ3n) is 3.26. The number of hydrogen-bond acceptors (Lipinski definition) is 5. The summed E-state index contributed by atoms with van der Waals surface area (Å²) < 4.78 is 0. The monoisotopic (exact) mass is 231 g/mol. The molecule has 2 N–H and O–H groups in total. The third kappa shape index (κ3) is 2.32. The van der Waals surface area contributed by atoms with Crippen LogP contribution in [0.2, 0.25) is 0 Å². The maximum Gasteiger partial charge on any atom is 0.125 e. The highest BCUT2D eigenvalue weighted by Gasteiger charge is 2.25. The number of nitriles is 1. The first-order chi connectivity index (χ1) is 8.11. The van der Waals surface area contributed by atoms with E-state index in [1.165, 1.54) is 0 Å². The standard InChI is InChI=1S/C12H17N5/c1-16(2)10-3-4-17(8-10)11-5-12(14)15-7-9(11)6-13/h5,7,10H,3-4,8H2,1-2H3,(H2,14,15). The van der Waals surface area contributed by atoms with Crippen molar-refractivity contribution in [2.24, 2.45) is 0 Å². The molecule has 1 aromatic rings. The first-order valence-electron chi connectivity index (χ1n) is 5.69. The van der Waals surface area contributed by atoms with E-state index in [0.717, 1.165) is 25.2 Å². The lowest BCUT2D eigenvalue weighted by Crippen LogP contribution is -2.31. The van der Waals surface area contributed by atoms with Gasteiger partial charge in [0.15, 0.2) is 0 Å². The summed E-state index contributed by atoms with van der Waals surface area (Å²) >= 11 is 0. The molecule has 17 heavy (non-hydrogen) atoms. The Hall–Kier alpha value is -1.80. The summed E-state index contributed by atoms with van der Waals surface area (Å²) in [7, 11) is 4.17. The van der Waals surface area contributed by atoms with Gasteiger partial charge in [-0.05, 0) is 20.5 Å². The van der Waals surface area contributed by atoms with E-state index in [1.807, 2.05) is 0 Å². The molecule has 90 valence electrons. The van der Waals surface area contributed by atoms with E-state index in [1.54, 1.807) is 12.3 Å². The third-order valence-corrected chi connectivity index (χ3v) is 3.26. The van der Waals surface area contributed by atoms with E-state index in [4.69, 9.17) is 11.0 Å². The fraction of sp³-hybridized carbons (Fsp3) is 0.500. The molecule has 1 unspecified atom stereocenters. The molecule has 1 aromatic heterocycles. The number of pyridine rings is 1. The summed E-state index contributed by atoms with van der Waals surface area (Å²) in [4.78, 5) is 8.38. The van der Waals surface area contributed by atoms with Gasteiger partial charge < -0.3 is 15.5 Å². The molecule has 2 heterocycles. The Labute approximate surface area is 101 Å². The SMILES string of the molecule is CN(C)C1CCN(c2cc(N)ncc2C#N)C1. The minimum absolute atomic E-state index is 0.465.